The van der Waals surface area contributed by atoms with Crippen LogP contribution in [0.2, 0.25) is 5.02 Å². The van der Waals surface area contributed by atoms with Crippen molar-refractivity contribution in [3.63, 3.8) is 0 Å². The minimum absolute atomic E-state index is 0.0868. The molecule has 2 aromatic rings. The topological polar surface area (TPSA) is 92.8 Å². The van der Waals surface area contributed by atoms with Crippen LogP contribution in [0.25, 0.3) is 0 Å². The molecule has 1 amide bonds. The number of esters is 1. The Morgan fingerprint density at radius 3 is 2.34 bits per heavy atom. The van der Waals surface area contributed by atoms with E-state index in [-0.39, 0.29) is 28.6 Å². The summed E-state index contributed by atoms with van der Waals surface area (Å²) in [6.45, 7) is 3.27. The Kier molecular flexibility index (Phi) is 7.21. The van der Waals surface area contributed by atoms with Crippen molar-refractivity contribution >= 4 is 44.9 Å². The third-order valence-electron chi connectivity index (χ3n) is 3.91. The van der Waals surface area contributed by atoms with E-state index in [1.165, 1.54) is 37.3 Å². The van der Waals surface area contributed by atoms with Gasteiger partial charge in [-0.05, 0) is 56.3 Å². The predicted octanol–water partition coefficient (Wildman–Crippen LogP) is 3.45. The molecule has 156 valence electrons. The first-order valence-corrected chi connectivity index (χ1v) is 10.8. The number of halogens is 2. The van der Waals surface area contributed by atoms with Crippen molar-refractivity contribution in [3.05, 3.63) is 58.9 Å². The molecular weight excluding hydrogens is 423 g/mol. The molecule has 0 aliphatic heterocycles. The predicted molar refractivity (Wildman–Crippen MR) is 109 cm³/mol. The molecule has 10 heteroatoms. The molecule has 0 bridgehead atoms. The number of anilines is 2. The van der Waals surface area contributed by atoms with Crippen LogP contribution >= 0.6 is 11.6 Å². The van der Waals surface area contributed by atoms with Crippen LogP contribution in [-0.2, 0) is 19.6 Å². The molecule has 1 atom stereocenters. The second-order valence-electron chi connectivity index (χ2n) is 6.12. The molecule has 0 saturated carbocycles. The average Bonchev–Trinajstić information content (AvgIpc) is 2.64. The fourth-order valence-electron chi connectivity index (χ4n) is 2.59. The van der Waals surface area contributed by atoms with Crippen LogP contribution in [0.15, 0.2) is 42.5 Å². The minimum atomic E-state index is -3.85. The Balaban J connectivity index is 2.26. The average molecular weight is 443 g/mol. The molecule has 0 aliphatic carbocycles. The standard InChI is InChI=1S/C19H20ClFN2O5S/c1-4-28-19(25)13-5-10-17(16(20)11-13)22-18(24)12(2)23(29(3,26)27)15-8-6-14(21)7-9-15/h5-12H,4H2,1-3H3,(H,22,24)/t12-/m1/s1. The monoisotopic (exact) mass is 442 g/mol. The largest absolute Gasteiger partial charge is 0.462 e. The molecule has 2 aromatic carbocycles. The fraction of sp³-hybridized carbons (Fsp3) is 0.263. The van der Waals surface area contributed by atoms with Crippen molar-refractivity contribution in [1.29, 1.82) is 0 Å². The smallest absolute Gasteiger partial charge is 0.338 e. The molecule has 0 fully saturated rings. The Labute approximate surface area is 173 Å². The molecule has 0 aromatic heterocycles. The number of carbonyl (C=O) groups excluding carboxylic acids is 2. The van der Waals surface area contributed by atoms with E-state index in [4.69, 9.17) is 16.3 Å². The van der Waals surface area contributed by atoms with Gasteiger partial charge >= 0.3 is 5.97 Å². The molecule has 0 radical (unpaired) electrons. The van der Waals surface area contributed by atoms with E-state index in [0.29, 0.717) is 0 Å². The maximum absolute atomic E-state index is 13.2. The van der Waals surface area contributed by atoms with Crippen molar-refractivity contribution in [2.45, 2.75) is 19.9 Å². The van der Waals surface area contributed by atoms with Crippen LogP contribution < -0.4 is 9.62 Å². The molecule has 7 nitrogen and oxygen atoms in total. The van der Waals surface area contributed by atoms with Crippen molar-refractivity contribution < 1.29 is 27.1 Å². The third-order valence-corrected chi connectivity index (χ3v) is 5.46. The lowest BCUT2D eigenvalue weighted by Gasteiger charge is -2.28. The van der Waals surface area contributed by atoms with Crippen molar-refractivity contribution in [2.75, 3.05) is 22.5 Å². The number of ether oxygens (including phenoxy) is 1. The molecule has 1 N–H and O–H groups in total. The summed E-state index contributed by atoms with van der Waals surface area (Å²) in [6.07, 6.45) is 0.946. The molecule has 0 unspecified atom stereocenters. The van der Waals surface area contributed by atoms with Crippen LogP contribution in [0, 0.1) is 5.82 Å². The number of hydrogen-bond acceptors (Lipinski definition) is 5. The number of benzene rings is 2. The van der Waals surface area contributed by atoms with Gasteiger partial charge in [-0.1, -0.05) is 11.6 Å². The van der Waals surface area contributed by atoms with Crippen LogP contribution in [0.3, 0.4) is 0 Å². The van der Waals surface area contributed by atoms with Crippen LogP contribution in [0.4, 0.5) is 15.8 Å². The maximum atomic E-state index is 13.2. The molecule has 2 rings (SSSR count). The van der Waals surface area contributed by atoms with Gasteiger partial charge in [-0.25, -0.2) is 17.6 Å². The Morgan fingerprint density at radius 1 is 1.21 bits per heavy atom. The third kappa shape index (κ3) is 5.68. The summed E-state index contributed by atoms with van der Waals surface area (Å²) in [6, 6.07) is 7.76. The van der Waals surface area contributed by atoms with Crippen LogP contribution in [0.1, 0.15) is 24.2 Å². The highest BCUT2D eigenvalue weighted by Crippen LogP contribution is 2.26. The number of amides is 1. The molecular formula is C19H20ClFN2O5S. The van der Waals surface area contributed by atoms with Gasteiger partial charge in [-0.2, -0.15) is 0 Å². The van der Waals surface area contributed by atoms with Crippen molar-refractivity contribution in [1.82, 2.24) is 0 Å². The quantitative estimate of drug-likeness (QED) is 0.663. The second kappa shape index (κ2) is 9.23. The number of hydrogen-bond donors (Lipinski definition) is 1. The number of carbonyl (C=O) groups is 2. The van der Waals surface area contributed by atoms with Gasteiger partial charge in [0.2, 0.25) is 15.9 Å². The summed E-state index contributed by atoms with van der Waals surface area (Å²) in [4.78, 5) is 24.4. The normalized spacial score (nSPS) is 12.2. The summed E-state index contributed by atoms with van der Waals surface area (Å²) >= 11 is 6.13. The highest BCUT2D eigenvalue weighted by molar-refractivity contribution is 7.92. The molecule has 0 heterocycles. The SMILES string of the molecule is CCOC(=O)c1ccc(NC(=O)[C@@H](C)N(c2ccc(F)cc2)S(C)(=O)=O)c(Cl)c1. The summed E-state index contributed by atoms with van der Waals surface area (Å²) in [7, 11) is -3.85. The Bertz CT molecular complexity index is 1010. The first kappa shape index (κ1) is 22.6. The van der Waals surface area contributed by atoms with Gasteiger partial charge in [0.25, 0.3) is 0 Å². The highest BCUT2D eigenvalue weighted by atomic mass is 35.5. The highest BCUT2D eigenvalue weighted by Gasteiger charge is 2.29. The van der Waals surface area contributed by atoms with E-state index in [0.717, 1.165) is 22.7 Å². The summed E-state index contributed by atoms with van der Waals surface area (Å²) in [5.74, 6) is -1.75. The lowest BCUT2D eigenvalue weighted by molar-refractivity contribution is -0.116. The minimum Gasteiger partial charge on any atom is -0.462 e. The molecule has 0 aliphatic rings. The van der Waals surface area contributed by atoms with Crippen LogP contribution in [-0.4, -0.2) is 39.2 Å². The van der Waals surface area contributed by atoms with E-state index >= 15 is 0 Å². The van der Waals surface area contributed by atoms with E-state index in [9.17, 15) is 22.4 Å². The first-order chi connectivity index (χ1) is 13.5. The van der Waals surface area contributed by atoms with Gasteiger partial charge in [-0.3, -0.25) is 9.10 Å². The number of nitrogens with zero attached hydrogens (tertiary/aromatic N) is 1. The second-order valence-corrected chi connectivity index (χ2v) is 8.38. The first-order valence-electron chi connectivity index (χ1n) is 8.57. The van der Waals surface area contributed by atoms with Gasteiger partial charge in [0.1, 0.15) is 11.9 Å². The van der Waals surface area contributed by atoms with Crippen molar-refractivity contribution in [2.24, 2.45) is 0 Å². The van der Waals surface area contributed by atoms with Gasteiger partial charge in [0, 0.05) is 0 Å². The van der Waals surface area contributed by atoms with E-state index in [2.05, 4.69) is 5.32 Å². The zero-order chi connectivity index (χ0) is 21.8. The van der Waals surface area contributed by atoms with Gasteiger partial charge in [0.15, 0.2) is 0 Å². The lowest BCUT2D eigenvalue weighted by Crippen LogP contribution is -2.45. The summed E-state index contributed by atoms with van der Waals surface area (Å²) < 4.78 is 43.4. The van der Waals surface area contributed by atoms with Gasteiger partial charge < -0.3 is 10.1 Å². The zero-order valence-corrected chi connectivity index (χ0v) is 17.6. The maximum Gasteiger partial charge on any atom is 0.338 e. The number of rotatable bonds is 7. The lowest BCUT2D eigenvalue weighted by atomic mass is 10.2. The van der Waals surface area contributed by atoms with E-state index in [1.807, 2.05) is 0 Å². The Morgan fingerprint density at radius 2 is 1.83 bits per heavy atom. The summed E-state index contributed by atoms with van der Waals surface area (Å²) in [5, 5.41) is 2.63. The number of nitrogens with one attached hydrogen (secondary N) is 1. The zero-order valence-electron chi connectivity index (χ0n) is 16.0. The van der Waals surface area contributed by atoms with Crippen LogP contribution in [0.5, 0.6) is 0 Å². The molecule has 0 saturated heterocycles. The van der Waals surface area contributed by atoms with E-state index < -0.39 is 33.8 Å². The number of sulfonamides is 1. The molecule has 0 spiro atoms. The Hall–Kier alpha value is -2.65. The summed E-state index contributed by atoms with van der Waals surface area (Å²) in [5.41, 5.74) is 0.552. The van der Waals surface area contributed by atoms with E-state index in [1.54, 1.807) is 6.92 Å². The fourth-order valence-corrected chi connectivity index (χ4v) is 3.99. The van der Waals surface area contributed by atoms with Gasteiger partial charge in [-0.15, -0.1) is 0 Å². The van der Waals surface area contributed by atoms with Gasteiger partial charge in [0.05, 0.1) is 34.8 Å². The van der Waals surface area contributed by atoms with Crippen molar-refractivity contribution in [3.8, 4) is 0 Å². The molecule has 29 heavy (non-hydrogen) atoms.